The number of rotatable bonds is 3. The monoisotopic (exact) mass is 234 g/mol. The molecule has 0 amide bonds. The third-order valence-corrected chi connectivity index (χ3v) is 3.44. The van der Waals surface area contributed by atoms with Crippen LogP contribution in [0.3, 0.4) is 0 Å². The second kappa shape index (κ2) is 5.27. The number of carboxylic acid groups (broad SMARTS) is 1. The van der Waals surface area contributed by atoms with Crippen LogP contribution < -0.4 is 0 Å². The fourth-order valence-electron chi connectivity index (χ4n) is 2.48. The van der Waals surface area contributed by atoms with Gasteiger partial charge in [0.25, 0.3) is 0 Å². The zero-order valence-corrected chi connectivity index (χ0v) is 10.0. The molecule has 0 aliphatic carbocycles. The molecular weight excluding hydrogens is 216 g/mol. The van der Waals surface area contributed by atoms with Crippen LogP contribution in [0.4, 0.5) is 0 Å². The van der Waals surface area contributed by atoms with Crippen LogP contribution in [0.15, 0.2) is 24.4 Å². The number of hydrogen-bond acceptors (Lipinski definition) is 3. The van der Waals surface area contributed by atoms with Gasteiger partial charge in [-0.2, -0.15) is 0 Å². The summed E-state index contributed by atoms with van der Waals surface area (Å²) in [6.45, 7) is 2.87. The van der Waals surface area contributed by atoms with E-state index >= 15 is 0 Å². The van der Waals surface area contributed by atoms with Crippen LogP contribution in [0.1, 0.15) is 37.9 Å². The highest BCUT2D eigenvalue weighted by Gasteiger charge is 2.32. The van der Waals surface area contributed by atoms with Gasteiger partial charge in [0.2, 0.25) is 0 Å². The molecule has 1 N–H and O–H groups in total. The van der Waals surface area contributed by atoms with E-state index < -0.39 is 5.97 Å². The number of nitrogens with zero attached hydrogens (tertiary/aromatic N) is 2. The zero-order valence-electron chi connectivity index (χ0n) is 10.0. The summed E-state index contributed by atoms with van der Waals surface area (Å²) in [7, 11) is 0. The molecule has 1 fully saturated rings. The first-order valence-corrected chi connectivity index (χ1v) is 6.09. The third kappa shape index (κ3) is 2.64. The van der Waals surface area contributed by atoms with Crippen LogP contribution in [0.5, 0.6) is 0 Å². The molecule has 0 spiro atoms. The summed E-state index contributed by atoms with van der Waals surface area (Å²) >= 11 is 0. The quantitative estimate of drug-likeness (QED) is 0.870. The van der Waals surface area contributed by atoms with E-state index in [-0.39, 0.29) is 12.1 Å². The smallest absolute Gasteiger partial charge is 0.320 e. The van der Waals surface area contributed by atoms with E-state index in [0.717, 1.165) is 31.5 Å². The Labute approximate surface area is 101 Å². The average Bonchev–Trinajstić information content (AvgIpc) is 2.39. The van der Waals surface area contributed by atoms with Crippen LogP contribution in [-0.4, -0.2) is 33.5 Å². The van der Waals surface area contributed by atoms with Gasteiger partial charge in [-0.1, -0.05) is 12.5 Å². The van der Waals surface area contributed by atoms with Crippen molar-refractivity contribution >= 4 is 5.97 Å². The fraction of sp³-hybridized carbons (Fsp3) is 0.538. The van der Waals surface area contributed by atoms with Crippen LogP contribution in [-0.2, 0) is 4.79 Å². The molecule has 0 radical (unpaired) electrons. The van der Waals surface area contributed by atoms with Crippen molar-refractivity contribution in [2.75, 3.05) is 6.54 Å². The number of piperidine rings is 1. The van der Waals surface area contributed by atoms with Gasteiger partial charge in [0, 0.05) is 6.20 Å². The maximum absolute atomic E-state index is 11.2. The Morgan fingerprint density at radius 1 is 1.53 bits per heavy atom. The number of aromatic nitrogens is 1. The Kier molecular flexibility index (Phi) is 3.74. The minimum atomic E-state index is -0.715. The van der Waals surface area contributed by atoms with E-state index in [2.05, 4.69) is 4.98 Å². The second-order valence-electron chi connectivity index (χ2n) is 4.52. The van der Waals surface area contributed by atoms with E-state index in [4.69, 9.17) is 0 Å². The lowest BCUT2D eigenvalue weighted by atomic mass is 9.99. The van der Waals surface area contributed by atoms with Gasteiger partial charge in [0.15, 0.2) is 0 Å². The summed E-state index contributed by atoms with van der Waals surface area (Å²) in [4.78, 5) is 17.6. The molecule has 0 saturated carbocycles. The predicted molar refractivity (Wildman–Crippen MR) is 64.6 cm³/mol. The lowest BCUT2D eigenvalue weighted by Gasteiger charge is -2.37. The molecule has 4 heteroatoms. The second-order valence-corrected chi connectivity index (χ2v) is 4.52. The van der Waals surface area contributed by atoms with Crippen molar-refractivity contribution in [3.8, 4) is 0 Å². The van der Waals surface area contributed by atoms with Gasteiger partial charge < -0.3 is 5.11 Å². The Balaban J connectivity index is 2.16. The van der Waals surface area contributed by atoms with Gasteiger partial charge in [0.1, 0.15) is 6.04 Å². The molecule has 1 saturated heterocycles. The first-order valence-electron chi connectivity index (χ1n) is 6.09. The molecule has 1 aromatic heterocycles. The summed E-state index contributed by atoms with van der Waals surface area (Å²) < 4.78 is 0. The lowest BCUT2D eigenvalue weighted by molar-refractivity contribution is -0.145. The van der Waals surface area contributed by atoms with Gasteiger partial charge in [0.05, 0.1) is 11.7 Å². The Morgan fingerprint density at radius 3 is 3.00 bits per heavy atom. The van der Waals surface area contributed by atoms with Crippen molar-refractivity contribution in [2.45, 2.75) is 38.3 Å². The van der Waals surface area contributed by atoms with Gasteiger partial charge in [-0.05, 0) is 38.4 Å². The van der Waals surface area contributed by atoms with Crippen molar-refractivity contribution < 1.29 is 9.90 Å². The molecule has 1 aliphatic rings. The van der Waals surface area contributed by atoms with Crippen molar-refractivity contribution in [1.29, 1.82) is 0 Å². The molecule has 4 nitrogen and oxygen atoms in total. The standard InChI is InChI=1S/C13H18N2O2/c1-10(11-6-2-4-8-14-11)15-9-5-3-7-12(15)13(16)17/h2,4,6,8,10,12H,3,5,7,9H2,1H3,(H,16,17). The van der Waals surface area contributed by atoms with E-state index in [1.807, 2.05) is 30.0 Å². The highest BCUT2D eigenvalue weighted by atomic mass is 16.4. The van der Waals surface area contributed by atoms with Gasteiger partial charge >= 0.3 is 5.97 Å². The van der Waals surface area contributed by atoms with Crippen LogP contribution in [0.25, 0.3) is 0 Å². The normalized spacial score (nSPS) is 23.2. The van der Waals surface area contributed by atoms with Crippen molar-refractivity contribution in [3.63, 3.8) is 0 Å². The summed E-state index contributed by atoms with van der Waals surface area (Å²) in [5.41, 5.74) is 0.945. The molecule has 1 aromatic rings. The molecule has 2 atom stereocenters. The first kappa shape index (κ1) is 12.0. The fourth-order valence-corrected chi connectivity index (χ4v) is 2.48. The number of carboxylic acids is 1. The topological polar surface area (TPSA) is 53.4 Å². The third-order valence-electron chi connectivity index (χ3n) is 3.44. The molecular formula is C13H18N2O2. The Hall–Kier alpha value is -1.42. The number of hydrogen-bond donors (Lipinski definition) is 1. The Morgan fingerprint density at radius 2 is 2.35 bits per heavy atom. The first-order chi connectivity index (χ1) is 8.20. The van der Waals surface area contributed by atoms with Crippen molar-refractivity contribution in [1.82, 2.24) is 9.88 Å². The minimum absolute atomic E-state index is 0.0672. The zero-order chi connectivity index (χ0) is 12.3. The van der Waals surface area contributed by atoms with Crippen LogP contribution in [0.2, 0.25) is 0 Å². The van der Waals surface area contributed by atoms with Crippen molar-refractivity contribution in [3.05, 3.63) is 30.1 Å². The van der Waals surface area contributed by atoms with Crippen molar-refractivity contribution in [2.24, 2.45) is 0 Å². The van der Waals surface area contributed by atoms with Gasteiger partial charge in [-0.15, -0.1) is 0 Å². The summed E-state index contributed by atoms with van der Waals surface area (Å²) in [6.07, 6.45) is 4.57. The summed E-state index contributed by atoms with van der Waals surface area (Å²) in [6, 6.07) is 5.48. The number of pyridine rings is 1. The molecule has 1 aliphatic heterocycles. The van der Waals surface area contributed by atoms with E-state index in [0.29, 0.717) is 0 Å². The average molecular weight is 234 g/mol. The van der Waals surface area contributed by atoms with Gasteiger partial charge in [-0.25, -0.2) is 0 Å². The molecule has 2 rings (SSSR count). The molecule has 0 aromatic carbocycles. The lowest BCUT2D eigenvalue weighted by Crippen LogP contribution is -2.45. The number of aliphatic carboxylic acids is 1. The van der Waals surface area contributed by atoms with E-state index in [1.165, 1.54) is 0 Å². The Bertz CT molecular complexity index is 380. The molecule has 17 heavy (non-hydrogen) atoms. The molecule has 92 valence electrons. The minimum Gasteiger partial charge on any atom is -0.480 e. The highest BCUT2D eigenvalue weighted by Crippen LogP contribution is 2.27. The maximum atomic E-state index is 11.2. The largest absolute Gasteiger partial charge is 0.480 e. The SMILES string of the molecule is CC(c1ccccn1)N1CCCCC1C(=O)O. The maximum Gasteiger partial charge on any atom is 0.320 e. The van der Waals surface area contributed by atoms with E-state index in [9.17, 15) is 9.90 Å². The van der Waals surface area contributed by atoms with Gasteiger partial charge in [-0.3, -0.25) is 14.7 Å². The number of carbonyl (C=O) groups is 1. The molecule has 2 unspecified atom stereocenters. The number of likely N-dealkylation sites (tertiary alicyclic amines) is 1. The highest BCUT2D eigenvalue weighted by molar-refractivity contribution is 5.73. The van der Waals surface area contributed by atoms with E-state index in [1.54, 1.807) is 6.20 Å². The molecule has 2 heterocycles. The summed E-state index contributed by atoms with van der Waals surface area (Å²) in [5.74, 6) is -0.715. The molecule has 0 bridgehead atoms. The van der Waals surface area contributed by atoms with Crippen LogP contribution >= 0.6 is 0 Å². The summed E-state index contributed by atoms with van der Waals surface area (Å²) in [5, 5.41) is 9.24. The predicted octanol–water partition coefficient (Wildman–Crippen LogP) is 2.08. The van der Waals surface area contributed by atoms with Crippen LogP contribution in [0, 0.1) is 0 Å².